The van der Waals surface area contributed by atoms with Crippen LogP contribution in [0.3, 0.4) is 0 Å². The molecule has 0 amide bonds. The normalized spacial score (nSPS) is 17.1. The molecule has 1 saturated carbocycles. The number of phenols is 1. The van der Waals surface area contributed by atoms with Gasteiger partial charge in [0.15, 0.2) is 0 Å². The highest BCUT2D eigenvalue weighted by molar-refractivity contribution is 5.85. The Bertz CT molecular complexity index is 433. The summed E-state index contributed by atoms with van der Waals surface area (Å²) >= 11 is 0. The van der Waals surface area contributed by atoms with Crippen molar-refractivity contribution in [1.82, 2.24) is 0 Å². The molecule has 1 aromatic rings. The van der Waals surface area contributed by atoms with Crippen LogP contribution in [0.5, 0.6) is 17.2 Å². The Hall–Kier alpha value is -1.13. The molecule has 114 valence electrons. The fourth-order valence-electron chi connectivity index (χ4n) is 2.94. The first-order chi connectivity index (χ1) is 9.17. The van der Waals surface area contributed by atoms with E-state index in [0.29, 0.717) is 23.0 Å². The van der Waals surface area contributed by atoms with Gasteiger partial charge >= 0.3 is 0 Å². The lowest BCUT2D eigenvalue weighted by Crippen LogP contribution is -2.24. The molecule has 20 heavy (non-hydrogen) atoms. The first-order valence-corrected chi connectivity index (χ1v) is 6.87. The van der Waals surface area contributed by atoms with Gasteiger partial charge in [-0.15, -0.1) is 12.4 Å². The SMILES string of the molecule is COc1cc(O)c([C@H](N)C2CCCCC2)c(OC)c1.Cl. The Labute approximate surface area is 126 Å². The molecule has 4 nitrogen and oxygen atoms in total. The van der Waals surface area contributed by atoms with Gasteiger partial charge in [-0.3, -0.25) is 0 Å². The summed E-state index contributed by atoms with van der Waals surface area (Å²) in [6.45, 7) is 0. The number of nitrogens with two attached hydrogens (primary N) is 1. The predicted molar refractivity (Wildman–Crippen MR) is 82.0 cm³/mol. The number of hydrogen-bond donors (Lipinski definition) is 2. The average Bonchev–Trinajstić information content (AvgIpc) is 2.46. The maximum absolute atomic E-state index is 10.2. The van der Waals surface area contributed by atoms with E-state index in [1.807, 2.05) is 0 Å². The van der Waals surface area contributed by atoms with Crippen LogP contribution in [-0.2, 0) is 0 Å². The third-order valence-corrected chi connectivity index (χ3v) is 4.04. The Morgan fingerprint density at radius 3 is 2.35 bits per heavy atom. The number of ether oxygens (including phenoxy) is 2. The van der Waals surface area contributed by atoms with Crippen LogP contribution in [0.25, 0.3) is 0 Å². The highest BCUT2D eigenvalue weighted by Crippen LogP contribution is 2.42. The molecule has 1 atom stereocenters. The minimum Gasteiger partial charge on any atom is -0.507 e. The fraction of sp³-hybridized carbons (Fsp3) is 0.600. The number of methoxy groups -OCH3 is 2. The summed E-state index contributed by atoms with van der Waals surface area (Å²) in [4.78, 5) is 0. The molecule has 0 bridgehead atoms. The minimum atomic E-state index is -0.179. The van der Waals surface area contributed by atoms with Crippen molar-refractivity contribution in [2.75, 3.05) is 14.2 Å². The lowest BCUT2D eigenvalue weighted by Gasteiger charge is -2.29. The molecular formula is C15H24ClNO3. The van der Waals surface area contributed by atoms with Crippen molar-refractivity contribution < 1.29 is 14.6 Å². The molecule has 0 spiro atoms. The summed E-state index contributed by atoms with van der Waals surface area (Å²) < 4.78 is 10.5. The van der Waals surface area contributed by atoms with E-state index in [1.54, 1.807) is 26.4 Å². The quantitative estimate of drug-likeness (QED) is 0.894. The number of phenolic OH excluding ortho intramolecular Hbond substituents is 1. The molecule has 2 rings (SSSR count). The van der Waals surface area contributed by atoms with Crippen molar-refractivity contribution in [3.8, 4) is 17.2 Å². The fourth-order valence-corrected chi connectivity index (χ4v) is 2.94. The van der Waals surface area contributed by atoms with Gasteiger partial charge < -0.3 is 20.3 Å². The van der Waals surface area contributed by atoms with Gasteiger partial charge in [-0.25, -0.2) is 0 Å². The molecule has 0 saturated heterocycles. The van der Waals surface area contributed by atoms with E-state index in [1.165, 1.54) is 19.3 Å². The van der Waals surface area contributed by atoms with Crippen LogP contribution < -0.4 is 15.2 Å². The molecule has 0 unspecified atom stereocenters. The highest BCUT2D eigenvalue weighted by atomic mass is 35.5. The monoisotopic (exact) mass is 301 g/mol. The third kappa shape index (κ3) is 3.49. The summed E-state index contributed by atoms with van der Waals surface area (Å²) in [5.41, 5.74) is 7.06. The largest absolute Gasteiger partial charge is 0.507 e. The van der Waals surface area contributed by atoms with E-state index in [4.69, 9.17) is 15.2 Å². The van der Waals surface area contributed by atoms with Gasteiger partial charge in [-0.2, -0.15) is 0 Å². The van der Waals surface area contributed by atoms with E-state index >= 15 is 0 Å². The highest BCUT2D eigenvalue weighted by Gasteiger charge is 2.27. The minimum absolute atomic E-state index is 0. The molecule has 0 aliphatic heterocycles. The summed E-state index contributed by atoms with van der Waals surface area (Å²) in [7, 11) is 3.15. The standard InChI is InChI=1S/C15H23NO3.ClH/c1-18-11-8-12(17)14(13(9-11)19-2)15(16)10-6-4-3-5-7-10;/h8-10,15,17H,3-7,16H2,1-2H3;1H/t15-;/m1./s1. The van der Waals surface area contributed by atoms with E-state index in [-0.39, 0.29) is 24.2 Å². The van der Waals surface area contributed by atoms with Crippen LogP contribution in [-0.4, -0.2) is 19.3 Å². The van der Waals surface area contributed by atoms with Crippen LogP contribution in [0, 0.1) is 5.92 Å². The van der Waals surface area contributed by atoms with Gasteiger partial charge in [0.05, 0.1) is 19.8 Å². The second kappa shape index (κ2) is 7.60. The number of benzene rings is 1. The summed E-state index contributed by atoms with van der Waals surface area (Å²) in [6.07, 6.45) is 5.97. The molecule has 1 aromatic carbocycles. The van der Waals surface area contributed by atoms with Crippen LogP contribution in [0.15, 0.2) is 12.1 Å². The summed E-state index contributed by atoms with van der Waals surface area (Å²) in [6, 6.07) is 3.19. The number of aromatic hydroxyl groups is 1. The Morgan fingerprint density at radius 1 is 1.15 bits per heavy atom. The lowest BCUT2D eigenvalue weighted by molar-refractivity contribution is 0.293. The van der Waals surface area contributed by atoms with Crippen LogP contribution in [0.1, 0.15) is 43.7 Å². The van der Waals surface area contributed by atoms with Crippen molar-refractivity contribution in [3.05, 3.63) is 17.7 Å². The van der Waals surface area contributed by atoms with E-state index in [0.717, 1.165) is 12.8 Å². The first kappa shape index (κ1) is 16.9. The second-order valence-corrected chi connectivity index (χ2v) is 5.19. The lowest BCUT2D eigenvalue weighted by atomic mass is 9.81. The molecule has 0 radical (unpaired) electrons. The molecule has 1 aliphatic carbocycles. The van der Waals surface area contributed by atoms with Gasteiger partial charge in [0.25, 0.3) is 0 Å². The molecule has 0 heterocycles. The molecule has 1 aliphatic rings. The van der Waals surface area contributed by atoms with Crippen molar-refractivity contribution in [2.24, 2.45) is 11.7 Å². The molecule has 1 fully saturated rings. The van der Waals surface area contributed by atoms with Gasteiger partial charge in [0.1, 0.15) is 17.2 Å². The Morgan fingerprint density at radius 2 is 1.80 bits per heavy atom. The zero-order valence-corrected chi connectivity index (χ0v) is 12.9. The second-order valence-electron chi connectivity index (χ2n) is 5.19. The third-order valence-electron chi connectivity index (χ3n) is 4.04. The predicted octanol–water partition coefficient (Wildman–Crippen LogP) is 3.41. The molecule has 0 aromatic heterocycles. The maximum atomic E-state index is 10.2. The number of halogens is 1. The summed E-state index contributed by atoms with van der Waals surface area (Å²) in [5.74, 6) is 1.76. The van der Waals surface area contributed by atoms with Gasteiger partial charge in [0.2, 0.25) is 0 Å². The van der Waals surface area contributed by atoms with Crippen molar-refractivity contribution >= 4 is 12.4 Å². The number of hydrogen-bond acceptors (Lipinski definition) is 4. The van der Waals surface area contributed by atoms with Gasteiger partial charge in [-0.1, -0.05) is 19.3 Å². The van der Waals surface area contributed by atoms with Crippen LogP contribution in [0.2, 0.25) is 0 Å². The topological polar surface area (TPSA) is 64.7 Å². The van der Waals surface area contributed by atoms with Crippen LogP contribution >= 0.6 is 12.4 Å². The van der Waals surface area contributed by atoms with E-state index in [2.05, 4.69) is 0 Å². The molecular weight excluding hydrogens is 278 g/mol. The maximum Gasteiger partial charge on any atom is 0.131 e. The van der Waals surface area contributed by atoms with Crippen molar-refractivity contribution in [1.29, 1.82) is 0 Å². The van der Waals surface area contributed by atoms with E-state index in [9.17, 15) is 5.11 Å². The molecule has 5 heteroatoms. The molecule has 3 N–H and O–H groups in total. The smallest absolute Gasteiger partial charge is 0.131 e. The number of rotatable bonds is 4. The average molecular weight is 302 g/mol. The van der Waals surface area contributed by atoms with Gasteiger partial charge in [0, 0.05) is 18.2 Å². The summed E-state index contributed by atoms with van der Waals surface area (Å²) in [5, 5.41) is 10.2. The van der Waals surface area contributed by atoms with Gasteiger partial charge in [-0.05, 0) is 18.8 Å². The van der Waals surface area contributed by atoms with Crippen molar-refractivity contribution in [2.45, 2.75) is 38.1 Å². The Balaban J connectivity index is 0.00000200. The first-order valence-electron chi connectivity index (χ1n) is 6.87. The van der Waals surface area contributed by atoms with Crippen molar-refractivity contribution in [3.63, 3.8) is 0 Å². The van der Waals surface area contributed by atoms with E-state index < -0.39 is 0 Å². The zero-order valence-electron chi connectivity index (χ0n) is 12.1. The Kier molecular flexibility index (Phi) is 6.43. The zero-order chi connectivity index (χ0) is 13.8. The van der Waals surface area contributed by atoms with Crippen LogP contribution in [0.4, 0.5) is 0 Å².